The lowest BCUT2D eigenvalue weighted by molar-refractivity contribution is -0.119. The van der Waals surface area contributed by atoms with Gasteiger partial charge in [0.05, 0.1) is 7.11 Å². The molecule has 0 aromatic heterocycles. The molecule has 1 aliphatic heterocycles. The van der Waals surface area contributed by atoms with Gasteiger partial charge >= 0.3 is 0 Å². The summed E-state index contributed by atoms with van der Waals surface area (Å²) >= 11 is 0. The minimum atomic E-state index is -0.102. The van der Waals surface area contributed by atoms with Crippen molar-refractivity contribution in [1.29, 1.82) is 0 Å². The second kappa shape index (κ2) is 8.52. The van der Waals surface area contributed by atoms with E-state index in [9.17, 15) is 9.59 Å². The van der Waals surface area contributed by atoms with E-state index in [1.807, 2.05) is 36.4 Å². The smallest absolute Gasteiger partial charge is 0.251 e. The van der Waals surface area contributed by atoms with E-state index < -0.39 is 0 Å². The average Bonchev–Trinajstić information content (AvgIpc) is 2.69. The van der Waals surface area contributed by atoms with Gasteiger partial charge in [-0.05, 0) is 61.2 Å². The van der Waals surface area contributed by atoms with E-state index in [4.69, 9.17) is 4.74 Å². The van der Waals surface area contributed by atoms with Crippen LogP contribution in [-0.2, 0) is 11.2 Å². The topological polar surface area (TPSA) is 58.6 Å². The number of carbonyl (C=O) groups is 2. The molecule has 0 saturated carbocycles. The zero-order valence-electron chi connectivity index (χ0n) is 15.0. The Morgan fingerprint density at radius 2 is 1.81 bits per heavy atom. The molecule has 0 radical (unpaired) electrons. The van der Waals surface area contributed by atoms with Crippen LogP contribution >= 0.6 is 0 Å². The molecule has 0 atom stereocenters. The predicted molar refractivity (Wildman–Crippen MR) is 102 cm³/mol. The molecule has 5 heteroatoms. The Kier molecular flexibility index (Phi) is 5.89. The molecule has 2 aromatic carbocycles. The summed E-state index contributed by atoms with van der Waals surface area (Å²) in [7, 11) is 1.64. The van der Waals surface area contributed by atoms with Gasteiger partial charge in [0, 0.05) is 30.8 Å². The molecular weight excluding hydrogens is 328 g/mol. The molecule has 2 amide bonds. The van der Waals surface area contributed by atoms with Gasteiger partial charge < -0.3 is 15.0 Å². The van der Waals surface area contributed by atoms with Crippen molar-refractivity contribution in [1.82, 2.24) is 5.32 Å². The van der Waals surface area contributed by atoms with E-state index in [1.165, 1.54) is 0 Å². The largest absolute Gasteiger partial charge is 0.497 e. The zero-order chi connectivity index (χ0) is 18.4. The van der Waals surface area contributed by atoms with Gasteiger partial charge in [-0.25, -0.2) is 0 Å². The van der Waals surface area contributed by atoms with Gasteiger partial charge in [0.1, 0.15) is 5.75 Å². The number of carbonyl (C=O) groups excluding carboxylic acids is 2. The van der Waals surface area contributed by atoms with Gasteiger partial charge in [-0.3, -0.25) is 9.59 Å². The molecule has 1 fully saturated rings. The molecule has 1 heterocycles. The van der Waals surface area contributed by atoms with Crippen LogP contribution in [0.2, 0.25) is 0 Å². The molecule has 0 unspecified atom stereocenters. The summed E-state index contributed by atoms with van der Waals surface area (Å²) < 4.78 is 5.14. The van der Waals surface area contributed by atoms with E-state index in [0.29, 0.717) is 18.5 Å². The Labute approximate surface area is 154 Å². The number of methoxy groups -OCH3 is 1. The maximum Gasteiger partial charge on any atom is 0.251 e. The fraction of sp³-hybridized carbons (Fsp3) is 0.333. The predicted octanol–water partition coefficient (Wildman–Crippen LogP) is 3.18. The highest BCUT2D eigenvalue weighted by molar-refractivity contribution is 5.96. The number of benzene rings is 2. The molecule has 1 N–H and O–H groups in total. The first-order valence-electron chi connectivity index (χ1n) is 8.99. The molecule has 5 nitrogen and oxygen atoms in total. The second-order valence-corrected chi connectivity index (χ2v) is 6.40. The van der Waals surface area contributed by atoms with Crippen molar-refractivity contribution < 1.29 is 14.3 Å². The van der Waals surface area contributed by atoms with Crippen LogP contribution in [0.25, 0.3) is 0 Å². The number of ether oxygens (including phenoxy) is 1. The molecule has 0 aliphatic carbocycles. The van der Waals surface area contributed by atoms with Crippen LogP contribution in [0.4, 0.5) is 5.69 Å². The number of rotatable bonds is 6. The Balaban J connectivity index is 1.52. The van der Waals surface area contributed by atoms with E-state index in [-0.39, 0.29) is 11.8 Å². The van der Waals surface area contributed by atoms with Gasteiger partial charge in [0.2, 0.25) is 5.91 Å². The number of hydrogen-bond donors (Lipinski definition) is 1. The van der Waals surface area contributed by atoms with Gasteiger partial charge in [-0.15, -0.1) is 0 Å². The summed E-state index contributed by atoms with van der Waals surface area (Å²) in [6.07, 6.45) is 3.35. The first-order chi connectivity index (χ1) is 12.7. The number of amides is 2. The molecule has 1 saturated heterocycles. The molecule has 136 valence electrons. The summed E-state index contributed by atoms with van der Waals surface area (Å²) in [6, 6.07) is 15.1. The van der Waals surface area contributed by atoms with Crippen LogP contribution in [0.3, 0.4) is 0 Å². The van der Waals surface area contributed by atoms with Crippen molar-refractivity contribution in [3.63, 3.8) is 0 Å². The normalized spacial score (nSPS) is 14.2. The van der Waals surface area contributed by atoms with Gasteiger partial charge in [0.25, 0.3) is 5.91 Å². The van der Waals surface area contributed by atoms with Crippen LogP contribution in [0.1, 0.15) is 35.2 Å². The lowest BCUT2D eigenvalue weighted by atomic mass is 10.1. The van der Waals surface area contributed by atoms with E-state index in [1.54, 1.807) is 24.1 Å². The lowest BCUT2D eigenvalue weighted by Gasteiger charge is -2.26. The first-order valence-corrected chi connectivity index (χ1v) is 8.99. The number of piperidine rings is 1. The van der Waals surface area contributed by atoms with Gasteiger partial charge in [-0.1, -0.05) is 12.1 Å². The average molecular weight is 352 g/mol. The number of nitrogens with one attached hydrogen (secondary N) is 1. The standard InChI is InChI=1S/C21H24N2O3/c1-26-19-11-5-16(6-12-19)13-14-22-21(25)17-7-9-18(10-8-17)23-15-3-2-4-20(23)24/h5-12H,2-4,13-15H2,1H3,(H,22,25). The van der Waals surface area contributed by atoms with Crippen molar-refractivity contribution in [2.24, 2.45) is 0 Å². The molecule has 0 bridgehead atoms. The Bertz CT molecular complexity index is 754. The van der Waals surface area contributed by atoms with Crippen molar-refractivity contribution in [3.8, 4) is 5.75 Å². The number of anilines is 1. The summed E-state index contributed by atoms with van der Waals surface area (Å²) in [5.74, 6) is 0.882. The van der Waals surface area contributed by atoms with Crippen LogP contribution in [0.5, 0.6) is 5.75 Å². The third-order valence-corrected chi connectivity index (χ3v) is 4.62. The maximum atomic E-state index is 12.3. The molecule has 26 heavy (non-hydrogen) atoms. The zero-order valence-corrected chi connectivity index (χ0v) is 15.0. The van der Waals surface area contributed by atoms with Crippen molar-refractivity contribution in [2.45, 2.75) is 25.7 Å². The van der Waals surface area contributed by atoms with Crippen LogP contribution < -0.4 is 15.0 Å². The third-order valence-electron chi connectivity index (χ3n) is 4.62. The van der Waals surface area contributed by atoms with E-state index in [2.05, 4.69) is 5.32 Å². The summed E-state index contributed by atoms with van der Waals surface area (Å²) in [5.41, 5.74) is 2.61. The van der Waals surface area contributed by atoms with Crippen LogP contribution in [-0.4, -0.2) is 32.0 Å². The third kappa shape index (κ3) is 4.42. The van der Waals surface area contributed by atoms with E-state index >= 15 is 0 Å². The Morgan fingerprint density at radius 1 is 1.08 bits per heavy atom. The van der Waals surface area contributed by atoms with Gasteiger partial charge in [0.15, 0.2) is 0 Å². The lowest BCUT2D eigenvalue weighted by Crippen LogP contribution is -2.35. The summed E-state index contributed by atoms with van der Waals surface area (Å²) in [4.78, 5) is 26.0. The summed E-state index contributed by atoms with van der Waals surface area (Å²) in [6.45, 7) is 1.32. The summed E-state index contributed by atoms with van der Waals surface area (Å²) in [5, 5.41) is 2.93. The molecule has 3 rings (SSSR count). The van der Waals surface area contributed by atoms with Crippen molar-refractivity contribution in [2.75, 3.05) is 25.1 Å². The second-order valence-electron chi connectivity index (χ2n) is 6.40. The fourth-order valence-corrected chi connectivity index (χ4v) is 3.09. The van der Waals surface area contributed by atoms with Crippen molar-refractivity contribution in [3.05, 3.63) is 59.7 Å². The minimum absolute atomic E-state index is 0.102. The number of hydrogen-bond acceptors (Lipinski definition) is 3. The number of nitrogens with zero attached hydrogens (tertiary/aromatic N) is 1. The highest BCUT2D eigenvalue weighted by Crippen LogP contribution is 2.21. The fourth-order valence-electron chi connectivity index (χ4n) is 3.09. The molecule has 2 aromatic rings. The molecular formula is C21H24N2O3. The first kappa shape index (κ1) is 18.0. The van der Waals surface area contributed by atoms with Crippen LogP contribution in [0, 0.1) is 0 Å². The highest BCUT2D eigenvalue weighted by Gasteiger charge is 2.19. The highest BCUT2D eigenvalue weighted by atomic mass is 16.5. The van der Waals surface area contributed by atoms with Gasteiger partial charge in [-0.2, -0.15) is 0 Å². The van der Waals surface area contributed by atoms with Crippen LogP contribution in [0.15, 0.2) is 48.5 Å². The Hall–Kier alpha value is -2.82. The van der Waals surface area contributed by atoms with Crippen molar-refractivity contribution >= 4 is 17.5 Å². The van der Waals surface area contributed by atoms with E-state index in [0.717, 1.165) is 42.8 Å². The minimum Gasteiger partial charge on any atom is -0.497 e. The molecule has 0 spiro atoms. The SMILES string of the molecule is COc1ccc(CCNC(=O)c2ccc(N3CCCCC3=O)cc2)cc1. The quantitative estimate of drug-likeness (QED) is 0.869. The Morgan fingerprint density at radius 3 is 2.46 bits per heavy atom. The maximum absolute atomic E-state index is 12.3. The molecule has 1 aliphatic rings. The monoisotopic (exact) mass is 352 g/mol.